The highest BCUT2D eigenvalue weighted by atomic mass is 35.5. The first-order valence-electron chi connectivity index (χ1n) is 9.22. The minimum atomic E-state index is -3.97. The molecule has 1 N–H and O–H groups in total. The Bertz CT molecular complexity index is 1170. The molecule has 162 valence electrons. The Hall–Kier alpha value is -2.58. The molecule has 0 aromatic heterocycles. The Labute approximate surface area is 191 Å². The van der Waals surface area contributed by atoms with Gasteiger partial charge in [-0.15, -0.1) is 0 Å². The Kier molecular flexibility index (Phi) is 7.56. The van der Waals surface area contributed by atoms with Gasteiger partial charge in [-0.2, -0.15) is 4.31 Å². The van der Waals surface area contributed by atoms with Crippen LogP contribution in [0.5, 0.6) is 5.75 Å². The maximum Gasteiger partial charge on any atom is 0.243 e. The SMILES string of the molecule is COc1cccc(NC(=O)CN(Cc2ccc(Cl)cc2Cl)S(=O)(=O)c2ccccc2)c1. The fourth-order valence-corrected chi connectivity index (χ4v) is 4.73. The molecule has 0 bridgehead atoms. The van der Waals surface area contributed by atoms with Gasteiger partial charge in [0.1, 0.15) is 5.75 Å². The van der Waals surface area contributed by atoms with Crippen LogP contribution in [0.2, 0.25) is 10.0 Å². The molecule has 0 unspecified atom stereocenters. The van der Waals surface area contributed by atoms with E-state index in [-0.39, 0.29) is 11.4 Å². The summed E-state index contributed by atoms with van der Waals surface area (Å²) < 4.78 is 32.7. The van der Waals surface area contributed by atoms with Crippen molar-refractivity contribution in [2.45, 2.75) is 11.4 Å². The second-order valence-electron chi connectivity index (χ2n) is 6.60. The first-order valence-corrected chi connectivity index (χ1v) is 11.4. The number of carbonyl (C=O) groups excluding carboxylic acids is 1. The molecule has 6 nitrogen and oxygen atoms in total. The van der Waals surface area contributed by atoms with Crippen molar-refractivity contribution in [2.24, 2.45) is 0 Å². The Morgan fingerprint density at radius 3 is 2.42 bits per heavy atom. The van der Waals surface area contributed by atoms with Crippen molar-refractivity contribution >= 4 is 44.8 Å². The van der Waals surface area contributed by atoms with E-state index in [1.54, 1.807) is 54.6 Å². The van der Waals surface area contributed by atoms with Crippen LogP contribution in [0.1, 0.15) is 5.56 Å². The molecule has 0 fully saturated rings. The smallest absolute Gasteiger partial charge is 0.243 e. The van der Waals surface area contributed by atoms with E-state index in [4.69, 9.17) is 27.9 Å². The van der Waals surface area contributed by atoms with Crippen LogP contribution in [-0.2, 0) is 21.4 Å². The highest BCUT2D eigenvalue weighted by molar-refractivity contribution is 7.89. The van der Waals surface area contributed by atoms with E-state index in [0.717, 1.165) is 4.31 Å². The van der Waals surface area contributed by atoms with Crippen LogP contribution in [0, 0.1) is 0 Å². The number of nitrogens with one attached hydrogen (secondary N) is 1. The number of benzene rings is 3. The monoisotopic (exact) mass is 478 g/mol. The number of amides is 1. The van der Waals surface area contributed by atoms with E-state index < -0.39 is 22.5 Å². The second-order valence-corrected chi connectivity index (χ2v) is 9.38. The third-order valence-corrected chi connectivity index (χ3v) is 6.81. The summed E-state index contributed by atoms with van der Waals surface area (Å²) in [6, 6.07) is 19.5. The Balaban J connectivity index is 1.88. The molecular formula is C22H20Cl2N2O4S. The molecule has 1 amide bonds. The lowest BCUT2D eigenvalue weighted by atomic mass is 10.2. The van der Waals surface area contributed by atoms with Crippen LogP contribution in [0.25, 0.3) is 0 Å². The number of rotatable bonds is 8. The molecule has 3 aromatic carbocycles. The predicted octanol–water partition coefficient (Wildman–Crippen LogP) is 4.83. The Morgan fingerprint density at radius 2 is 1.74 bits per heavy atom. The molecular weight excluding hydrogens is 459 g/mol. The normalized spacial score (nSPS) is 11.4. The van der Waals surface area contributed by atoms with Gasteiger partial charge in [-0.05, 0) is 42.0 Å². The van der Waals surface area contributed by atoms with Gasteiger partial charge in [-0.3, -0.25) is 4.79 Å². The van der Waals surface area contributed by atoms with Crippen LogP contribution in [0.4, 0.5) is 5.69 Å². The standard InChI is InChI=1S/C22H20Cl2N2O4S/c1-30-19-7-5-6-18(13-19)25-22(27)15-26(14-16-10-11-17(23)12-21(16)24)31(28,29)20-8-3-2-4-9-20/h2-13H,14-15H2,1H3,(H,25,27). The summed E-state index contributed by atoms with van der Waals surface area (Å²) in [6.07, 6.45) is 0. The van der Waals surface area contributed by atoms with Gasteiger partial charge in [-0.25, -0.2) is 8.42 Å². The van der Waals surface area contributed by atoms with E-state index in [9.17, 15) is 13.2 Å². The Morgan fingerprint density at radius 1 is 1.00 bits per heavy atom. The lowest BCUT2D eigenvalue weighted by Crippen LogP contribution is -2.37. The van der Waals surface area contributed by atoms with E-state index >= 15 is 0 Å². The number of nitrogens with zero attached hydrogens (tertiary/aromatic N) is 1. The van der Waals surface area contributed by atoms with Crippen LogP contribution in [0.15, 0.2) is 77.7 Å². The molecule has 31 heavy (non-hydrogen) atoms. The van der Waals surface area contributed by atoms with Crippen molar-refractivity contribution in [3.05, 3.63) is 88.4 Å². The summed E-state index contributed by atoms with van der Waals surface area (Å²) in [5, 5.41) is 3.45. The number of anilines is 1. The average Bonchev–Trinajstić information content (AvgIpc) is 2.75. The zero-order chi connectivity index (χ0) is 22.4. The summed E-state index contributed by atoms with van der Waals surface area (Å²) in [5.74, 6) is 0.0670. The summed E-state index contributed by atoms with van der Waals surface area (Å²) in [6.45, 7) is -0.508. The number of sulfonamides is 1. The third-order valence-electron chi connectivity index (χ3n) is 4.42. The highest BCUT2D eigenvalue weighted by Crippen LogP contribution is 2.25. The van der Waals surface area contributed by atoms with Crippen molar-refractivity contribution in [1.29, 1.82) is 0 Å². The number of carbonyl (C=O) groups is 1. The second kappa shape index (κ2) is 10.2. The third kappa shape index (κ3) is 5.98. The molecule has 0 aliphatic carbocycles. The van der Waals surface area contributed by atoms with Crippen molar-refractivity contribution < 1.29 is 17.9 Å². The van der Waals surface area contributed by atoms with Crippen LogP contribution in [-0.4, -0.2) is 32.3 Å². The molecule has 0 atom stereocenters. The van der Waals surface area contributed by atoms with Gasteiger partial charge in [0.2, 0.25) is 15.9 Å². The number of methoxy groups -OCH3 is 1. The topological polar surface area (TPSA) is 75.7 Å². The fraction of sp³-hybridized carbons (Fsp3) is 0.136. The molecule has 0 spiro atoms. The summed E-state index contributed by atoms with van der Waals surface area (Å²) in [7, 11) is -2.45. The molecule has 0 heterocycles. The van der Waals surface area contributed by atoms with Crippen LogP contribution >= 0.6 is 23.2 Å². The van der Waals surface area contributed by atoms with Crippen molar-refractivity contribution in [3.8, 4) is 5.75 Å². The number of ether oxygens (including phenoxy) is 1. The number of hydrogen-bond acceptors (Lipinski definition) is 4. The van der Waals surface area contributed by atoms with E-state index in [1.165, 1.54) is 25.3 Å². The molecule has 3 rings (SSSR count). The summed E-state index contributed by atoms with van der Waals surface area (Å²) in [5.41, 5.74) is 1.02. The highest BCUT2D eigenvalue weighted by Gasteiger charge is 2.27. The largest absolute Gasteiger partial charge is 0.497 e. The first-order chi connectivity index (χ1) is 14.8. The van der Waals surface area contributed by atoms with E-state index in [1.807, 2.05) is 0 Å². The van der Waals surface area contributed by atoms with Crippen molar-refractivity contribution in [3.63, 3.8) is 0 Å². The molecule has 0 aliphatic rings. The van der Waals surface area contributed by atoms with Gasteiger partial charge in [-0.1, -0.05) is 53.5 Å². The van der Waals surface area contributed by atoms with E-state index in [0.29, 0.717) is 27.0 Å². The van der Waals surface area contributed by atoms with Gasteiger partial charge >= 0.3 is 0 Å². The average molecular weight is 479 g/mol. The van der Waals surface area contributed by atoms with Crippen molar-refractivity contribution in [2.75, 3.05) is 19.0 Å². The molecule has 9 heteroatoms. The lowest BCUT2D eigenvalue weighted by Gasteiger charge is -2.22. The van der Waals surface area contributed by atoms with Crippen LogP contribution in [0.3, 0.4) is 0 Å². The van der Waals surface area contributed by atoms with Gasteiger partial charge in [0, 0.05) is 28.3 Å². The minimum absolute atomic E-state index is 0.0780. The maximum absolute atomic E-state index is 13.3. The predicted molar refractivity (Wildman–Crippen MR) is 122 cm³/mol. The van der Waals surface area contributed by atoms with Gasteiger partial charge in [0.05, 0.1) is 18.6 Å². The van der Waals surface area contributed by atoms with Gasteiger partial charge in [0.25, 0.3) is 0 Å². The summed E-state index contributed by atoms with van der Waals surface area (Å²) in [4.78, 5) is 12.8. The zero-order valence-corrected chi connectivity index (χ0v) is 18.9. The lowest BCUT2D eigenvalue weighted by molar-refractivity contribution is -0.116. The molecule has 0 saturated heterocycles. The minimum Gasteiger partial charge on any atom is -0.497 e. The number of hydrogen-bond donors (Lipinski definition) is 1. The quantitative estimate of drug-likeness (QED) is 0.502. The molecule has 3 aromatic rings. The zero-order valence-electron chi connectivity index (χ0n) is 16.6. The van der Waals surface area contributed by atoms with E-state index in [2.05, 4.69) is 5.32 Å². The fourth-order valence-electron chi connectivity index (χ4n) is 2.87. The van der Waals surface area contributed by atoms with Gasteiger partial charge < -0.3 is 10.1 Å². The maximum atomic E-state index is 13.3. The molecule has 0 saturated carbocycles. The van der Waals surface area contributed by atoms with Gasteiger partial charge in [0.15, 0.2) is 0 Å². The molecule has 0 radical (unpaired) electrons. The number of halogens is 2. The van der Waals surface area contributed by atoms with Crippen LogP contribution < -0.4 is 10.1 Å². The molecule has 0 aliphatic heterocycles. The first kappa shape index (κ1) is 23.1. The summed E-state index contributed by atoms with van der Waals surface area (Å²) >= 11 is 12.2. The van der Waals surface area contributed by atoms with Crippen molar-refractivity contribution in [1.82, 2.24) is 4.31 Å².